The van der Waals surface area contributed by atoms with Crippen LogP contribution in [0.2, 0.25) is 5.02 Å². The largest absolute Gasteiger partial charge is 0.315 e. The van der Waals surface area contributed by atoms with E-state index in [-0.39, 0.29) is 16.3 Å². The van der Waals surface area contributed by atoms with Gasteiger partial charge in [-0.2, -0.15) is 0 Å². The molecule has 19 heavy (non-hydrogen) atoms. The lowest BCUT2D eigenvalue weighted by Crippen LogP contribution is -2.58. The maximum Gasteiger partial charge on any atom is 0.145 e. The van der Waals surface area contributed by atoms with Crippen LogP contribution < -0.4 is 5.32 Å². The molecule has 3 rings (SSSR count). The van der Waals surface area contributed by atoms with E-state index in [4.69, 9.17) is 11.6 Å². The molecule has 0 atom stereocenters. The number of hydrogen-bond acceptors (Lipinski definition) is 1. The van der Waals surface area contributed by atoms with Crippen LogP contribution in [0.1, 0.15) is 11.1 Å². The van der Waals surface area contributed by atoms with Gasteiger partial charge in [0.15, 0.2) is 0 Å². The molecular formula is C16H15ClFN. The van der Waals surface area contributed by atoms with Crippen LogP contribution in [0, 0.1) is 5.82 Å². The Morgan fingerprint density at radius 2 is 1.79 bits per heavy atom. The van der Waals surface area contributed by atoms with Crippen LogP contribution in [0.3, 0.4) is 0 Å². The van der Waals surface area contributed by atoms with Crippen LogP contribution in [-0.2, 0) is 11.8 Å². The van der Waals surface area contributed by atoms with Crippen LogP contribution >= 0.6 is 11.6 Å². The van der Waals surface area contributed by atoms with Crippen LogP contribution in [0.25, 0.3) is 0 Å². The molecule has 1 aliphatic heterocycles. The fourth-order valence-corrected chi connectivity index (χ4v) is 2.89. The van der Waals surface area contributed by atoms with E-state index in [2.05, 4.69) is 17.4 Å². The van der Waals surface area contributed by atoms with Crippen molar-refractivity contribution in [2.45, 2.75) is 11.8 Å². The van der Waals surface area contributed by atoms with Gasteiger partial charge in [0.1, 0.15) is 5.82 Å². The summed E-state index contributed by atoms with van der Waals surface area (Å²) in [4.78, 5) is 0. The van der Waals surface area contributed by atoms with E-state index in [0.29, 0.717) is 12.0 Å². The third-order valence-corrected chi connectivity index (χ3v) is 4.17. The van der Waals surface area contributed by atoms with Gasteiger partial charge in [0, 0.05) is 18.5 Å². The molecule has 1 saturated heterocycles. The maximum absolute atomic E-state index is 14.1. The normalized spacial score (nSPS) is 16.9. The summed E-state index contributed by atoms with van der Waals surface area (Å²) in [5.74, 6) is -0.286. The Kier molecular flexibility index (Phi) is 3.29. The number of rotatable bonds is 3. The number of benzene rings is 2. The molecule has 0 radical (unpaired) electrons. The molecule has 0 saturated carbocycles. The molecule has 0 aromatic heterocycles. The van der Waals surface area contributed by atoms with Crippen molar-refractivity contribution < 1.29 is 4.39 Å². The van der Waals surface area contributed by atoms with E-state index in [9.17, 15) is 4.39 Å². The Morgan fingerprint density at radius 3 is 2.42 bits per heavy atom. The zero-order valence-electron chi connectivity index (χ0n) is 10.5. The Balaban J connectivity index is 1.94. The minimum atomic E-state index is -0.286. The molecule has 3 heteroatoms. The van der Waals surface area contributed by atoms with E-state index in [0.717, 1.165) is 13.1 Å². The van der Waals surface area contributed by atoms with Gasteiger partial charge in [0.25, 0.3) is 0 Å². The van der Waals surface area contributed by atoms with Crippen LogP contribution in [0.4, 0.5) is 4.39 Å². The van der Waals surface area contributed by atoms with Crippen molar-refractivity contribution in [1.29, 1.82) is 0 Å². The summed E-state index contributed by atoms with van der Waals surface area (Å²) >= 11 is 5.86. The van der Waals surface area contributed by atoms with Gasteiger partial charge in [0.2, 0.25) is 0 Å². The molecule has 0 spiro atoms. The van der Waals surface area contributed by atoms with E-state index in [1.165, 1.54) is 5.56 Å². The highest BCUT2D eigenvalue weighted by molar-refractivity contribution is 6.30. The first-order chi connectivity index (χ1) is 9.21. The lowest BCUT2D eigenvalue weighted by Gasteiger charge is -2.43. The first-order valence-corrected chi connectivity index (χ1v) is 6.78. The van der Waals surface area contributed by atoms with Gasteiger partial charge in [0.05, 0.1) is 5.02 Å². The second-order valence-corrected chi connectivity index (χ2v) is 5.55. The fourth-order valence-electron chi connectivity index (χ4n) is 2.70. The molecule has 0 aliphatic carbocycles. The minimum Gasteiger partial charge on any atom is -0.315 e. The average Bonchev–Trinajstić information content (AvgIpc) is 2.40. The fraction of sp³-hybridized carbons (Fsp3) is 0.250. The SMILES string of the molecule is Fc1c(Cl)cccc1CC1(c2ccccc2)CNC1. The lowest BCUT2D eigenvalue weighted by molar-refractivity contribution is 0.272. The van der Waals surface area contributed by atoms with E-state index in [1.54, 1.807) is 6.07 Å². The number of hydrogen-bond donors (Lipinski definition) is 1. The van der Waals surface area contributed by atoms with Gasteiger partial charge < -0.3 is 5.32 Å². The zero-order chi connectivity index (χ0) is 13.3. The minimum absolute atomic E-state index is 0.00716. The van der Waals surface area contributed by atoms with E-state index >= 15 is 0 Å². The smallest absolute Gasteiger partial charge is 0.145 e. The van der Waals surface area contributed by atoms with Crippen molar-refractivity contribution in [1.82, 2.24) is 5.32 Å². The molecule has 1 N–H and O–H groups in total. The van der Waals surface area contributed by atoms with Crippen molar-refractivity contribution in [3.63, 3.8) is 0 Å². The molecule has 98 valence electrons. The van der Waals surface area contributed by atoms with E-state index < -0.39 is 0 Å². The summed E-state index contributed by atoms with van der Waals surface area (Å²) in [6.07, 6.45) is 0.677. The first kappa shape index (κ1) is 12.6. The zero-order valence-corrected chi connectivity index (χ0v) is 11.3. The van der Waals surface area contributed by atoms with Crippen LogP contribution in [-0.4, -0.2) is 13.1 Å². The van der Waals surface area contributed by atoms with Gasteiger partial charge >= 0.3 is 0 Å². The summed E-state index contributed by atoms with van der Waals surface area (Å²) in [5.41, 5.74) is 1.94. The van der Waals surface area contributed by atoms with Gasteiger partial charge in [-0.15, -0.1) is 0 Å². The number of nitrogens with one attached hydrogen (secondary N) is 1. The molecule has 1 aliphatic rings. The van der Waals surface area contributed by atoms with Gasteiger partial charge in [-0.1, -0.05) is 54.1 Å². The highest BCUT2D eigenvalue weighted by atomic mass is 35.5. The molecule has 0 unspecified atom stereocenters. The third kappa shape index (κ3) is 2.26. The third-order valence-electron chi connectivity index (χ3n) is 3.87. The van der Waals surface area contributed by atoms with Crippen molar-refractivity contribution >= 4 is 11.6 Å². The first-order valence-electron chi connectivity index (χ1n) is 6.40. The lowest BCUT2D eigenvalue weighted by atomic mass is 9.71. The van der Waals surface area contributed by atoms with Gasteiger partial charge in [-0.05, 0) is 23.6 Å². The maximum atomic E-state index is 14.1. The predicted molar refractivity (Wildman–Crippen MR) is 76.1 cm³/mol. The molecule has 1 fully saturated rings. The predicted octanol–water partition coefficient (Wildman–Crippen LogP) is 3.56. The van der Waals surface area contributed by atoms with Gasteiger partial charge in [-0.25, -0.2) is 4.39 Å². The molecule has 1 heterocycles. The second kappa shape index (κ2) is 4.95. The van der Waals surface area contributed by atoms with Crippen LogP contribution in [0.5, 0.6) is 0 Å². The Morgan fingerprint density at radius 1 is 1.05 bits per heavy atom. The summed E-state index contributed by atoms with van der Waals surface area (Å²) in [6.45, 7) is 1.76. The second-order valence-electron chi connectivity index (χ2n) is 5.14. The standard InChI is InChI=1S/C16H15ClFN/c17-14-8-4-5-12(15(14)18)9-16(10-19-11-16)13-6-2-1-3-7-13/h1-8,19H,9-11H2. The summed E-state index contributed by atoms with van der Waals surface area (Å²) < 4.78 is 14.1. The Bertz CT molecular complexity index is 579. The van der Waals surface area contributed by atoms with Crippen molar-refractivity contribution in [3.8, 4) is 0 Å². The highest BCUT2D eigenvalue weighted by Gasteiger charge is 2.39. The van der Waals surface area contributed by atoms with Crippen LogP contribution in [0.15, 0.2) is 48.5 Å². The van der Waals surface area contributed by atoms with Gasteiger partial charge in [-0.3, -0.25) is 0 Å². The van der Waals surface area contributed by atoms with Crippen molar-refractivity contribution in [2.75, 3.05) is 13.1 Å². The molecule has 1 nitrogen and oxygen atoms in total. The molecule has 2 aromatic carbocycles. The Hall–Kier alpha value is -1.38. The highest BCUT2D eigenvalue weighted by Crippen LogP contribution is 2.34. The molecular weight excluding hydrogens is 261 g/mol. The van der Waals surface area contributed by atoms with E-state index in [1.807, 2.05) is 30.3 Å². The van der Waals surface area contributed by atoms with Crippen molar-refractivity contribution in [2.24, 2.45) is 0 Å². The summed E-state index contributed by atoms with van der Waals surface area (Å²) in [7, 11) is 0. The molecule has 2 aromatic rings. The summed E-state index contributed by atoms with van der Waals surface area (Å²) in [5, 5.41) is 3.50. The summed E-state index contributed by atoms with van der Waals surface area (Å²) in [6, 6.07) is 15.5. The average molecular weight is 276 g/mol. The van der Waals surface area contributed by atoms with Crippen molar-refractivity contribution in [3.05, 3.63) is 70.5 Å². The Labute approximate surface area is 117 Å². The molecule has 0 amide bonds. The monoisotopic (exact) mass is 275 g/mol. The number of halogens is 2. The quantitative estimate of drug-likeness (QED) is 0.903. The molecule has 0 bridgehead atoms. The topological polar surface area (TPSA) is 12.0 Å².